The van der Waals surface area contributed by atoms with Crippen molar-refractivity contribution in [3.63, 3.8) is 0 Å². The third kappa shape index (κ3) is 1.18. The second-order valence-electron chi connectivity index (χ2n) is 3.60. The molecule has 15 heavy (non-hydrogen) atoms. The van der Waals surface area contributed by atoms with Crippen LogP contribution in [0.25, 0.3) is 0 Å². The molecule has 2 aliphatic heterocycles. The van der Waals surface area contributed by atoms with Crippen molar-refractivity contribution < 1.29 is 9.90 Å². The molecule has 4 heteroatoms. The largest absolute Gasteiger partial charge is 0.478 e. The Labute approximate surface area is 91.4 Å². The number of rotatable bonds is 1. The molecule has 0 atom stereocenters. The Morgan fingerprint density at radius 1 is 1.40 bits per heavy atom. The van der Waals surface area contributed by atoms with Crippen LogP contribution in [-0.4, -0.2) is 17.0 Å². The molecule has 0 spiro atoms. The fourth-order valence-electron chi connectivity index (χ4n) is 1.98. The summed E-state index contributed by atoms with van der Waals surface area (Å²) in [7, 11) is 0. The molecule has 1 saturated heterocycles. The maximum absolute atomic E-state index is 11.1. The molecular formula is C11H9NO2S. The Morgan fingerprint density at radius 2 is 2.20 bits per heavy atom. The number of hydrogen-bond donors (Lipinski definition) is 1. The first kappa shape index (κ1) is 8.85. The fraction of sp³-hybridized carbons (Fsp3) is 0.182. The van der Waals surface area contributed by atoms with Crippen LogP contribution in [0.2, 0.25) is 0 Å². The normalized spacial score (nSPS) is 18.0. The van der Waals surface area contributed by atoms with Gasteiger partial charge in [-0.2, -0.15) is 0 Å². The lowest BCUT2D eigenvalue weighted by Crippen LogP contribution is -2.36. The van der Waals surface area contributed by atoms with Gasteiger partial charge in [0.2, 0.25) is 0 Å². The van der Waals surface area contributed by atoms with Crippen molar-refractivity contribution in [3.05, 3.63) is 40.4 Å². The SMILES string of the molecule is O=C(O)C1=C2SCN2c2ccccc2C1. The van der Waals surface area contributed by atoms with Crippen molar-refractivity contribution >= 4 is 23.4 Å². The van der Waals surface area contributed by atoms with E-state index in [2.05, 4.69) is 4.90 Å². The van der Waals surface area contributed by atoms with Gasteiger partial charge in [-0.1, -0.05) is 30.0 Å². The van der Waals surface area contributed by atoms with Crippen LogP contribution in [0.5, 0.6) is 0 Å². The summed E-state index contributed by atoms with van der Waals surface area (Å²) in [5, 5.41) is 10.0. The summed E-state index contributed by atoms with van der Waals surface area (Å²) in [5.41, 5.74) is 2.81. The molecule has 1 fully saturated rings. The van der Waals surface area contributed by atoms with Gasteiger partial charge in [0.15, 0.2) is 0 Å². The lowest BCUT2D eigenvalue weighted by molar-refractivity contribution is -0.132. The molecule has 0 aromatic heterocycles. The highest BCUT2D eigenvalue weighted by atomic mass is 32.2. The Kier molecular flexibility index (Phi) is 1.79. The van der Waals surface area contributed by atoms with Crippen LogP contribution in [0.15, 0.2) is 34.9 Å². The summed E-state index contributed by atoms with van der Waals surface area (Å²) >= 11 is 1.61. The van der Waals surface area contributed by atoms with Crippen LogP contribution in [0, 0.1) is 0 Å². The first-order valence-corrected chi connectivity index (χ1v) is 5.70. The van der Waals surface area contributed by atoms with E-state index in [0.717, 1.165) is 22.2 Å². The molecule has 0 amide bonds. The number of para-hydroxylation sites is 1. The van der Waals surface area contributed by atoms with E-state index in [-0.39, 0.29) is 0 Å². The van der Waals surface area contributed by atoms with Gasteiger partial charge in [0.1, 0.15) is 0 Å². The zero-order valence-electron chi connectivity index (χ0n) is 7.93. The quantitative estimate of drug-likeness (QED) is 0.784. The number of fused-ring (bicyclic) bond motifs is 3. The van der Waals surface area contributed by atoms with E-state index in [4.69, 9.17) is 5.11 Å². The first-order chi connectivity index (χ1) is 7.27. The number of thioether (sulfide) groups is 1. The summed E-state index contributed by atoms with van der Waals surface area (Å²) in [5.74, 6) is 0.0695. The van der Waals surface area contributed by atoms with Crippen molar-refractivity contribution in [2.45, 2.75) is 6.42 Å². The molecule has 3 rings (SSSR count). The van der Waals surface area contributed by atoms with Crippen molar-refractivity contribution in [3.8, 4) is 0 Å². The average molecular weight is 219 g/mol. The summed E-state index contributed by atoms with van der Waals surface area (Å²) in [6.45, 7) is 0. The highest BCUT2D eigenvalue weighted by Gasteiger charge is 2.34. The molecule has 1 aromatic carbocycles. The predicted octanol–water partition coefficient (Wildman–Crippen LogP) is 2.05. The van der Waals surface area contributed by atoms with Crippen LogP contribution in [-0.2, 0) is 11.2 Å². The van der Waals surface area contributed by atoms with Gasteiger partial charge in [0.25, 0.3) is 0 Å². The number of benzene rings is 1. The molecule has 0 unspecified atom stereocenters. The van der Waals surface area contributed by atoms with E-state index in [1.54, 1.807) is 11.8 Å². The standard InChI is InChI=1S/C11H9NO2S/c13-11(14)8-5-7-3-1-2-4-9(7)12-6-15-10(8)12/h1-4H,5-6H2,(H,13,14). The molecule has 0 aliphatic carbocycles. The molecule has 2 aliphatic rings. The van der Waals surface area contributed by atoms with E-state index in [0.29, 0.717) is 12.0 Å². The van der Waals surface area contributed by atoms with Gasteiger partial charge >= 0.3 is 5.97 Å². The fourth-order valence-corrected chi connectivity index (χ4v) is 2.94. The summed E-state index contributed by atoms with van der Waals surface area (Å²) in [4.78, 5) is 13.1. The lowest BCUT2D eigenvalue weighted by Gasteiger charge is -2.40. The monoisotopic (exact) mass is 219 g/mol. The van der Waals surface area contributed by atoms with Crippen molar-refractivity contribution in [2.24, 2.45) is 0 Å². The zero-order valence-corrected chi connectivity index (χ0v) is 8.75. The van der Waals surface area contributed by atoms with Gasteiger partial charge in [0, 0.05) is 12.1 Å². The lowest BCUT2D eigenvalue weighted by atomic mass is 10.00. The minimum atomic E-state index is -0.795. The minimum Gasteiger partial charge on any atom is -0.478 e. The van der Waals surface area contributed by atoms with Crippen LogP contribution in [0.4, 0.5) is 5.69 Å². The topological polar surface area (TPSA) is 40.5 Å². The highest BCUT2D eigenvalue weighted by molar-refractivity contribution is 8.05. The molecule has 3 nitrogen and oxygen atoms in total. The maximum Gasteiger partial charge on any atom is 0.334 e. The summed E-state index contributed by atoms with van der Waals surface area (Å²) in [6.07, 6.45) is 0.546. The molecule has 0 radical (unpaired) electrons. The Balaban J connectivity index is 2.12. The molecular weight excluding hydrogens is 210 g/mol. The number of anilines is 1. The minimum absolute atomic E-state index is 0.532. The van der Waals surface area contributed by atoms with Gasteiger partial charge in [-0.05, 0) is 11.6 Å². The maximum atomic E-state index is 11.1. The summed E-state index contributed by atoms with van der Waals surface area (Å²) in [6, 6.07) is 7.99. The van der Waals surface area contributed by atoms with Gasteiger partial charge < -0.3 is 10.0 Å². The molecule has 0 bridgehead atoms. The van der Waals surface area contributed by atoms with Crippen LogP contribution in [0.3, 0.4) is 0 Å². The Morgan fingerprint density at radius 3 is 2.87 bits per heavy atom. The third-order valence-electron chi connectivity index (χ3n) is 2.74. The number of nitrogens with zero attached hydrogens (tertiary/aromatic N) is 1. The van der Waals surface area contributed by atoms with E-state index in [1.165, 1.54) is 0 Å². The number of carbonyl (C=O) groups is 1. The zero-order chi connectivity index (χ0) is 10.4. The smallest absolute Gasteiger partial charge is 0.334 e. The molecule has 2 heterocycles. The molecule has 1 N–H and O–H groups in total. The van der Waals surface area contributed by atoms with Crippen LogP contribution < -0.4 is 4.90 Å². The Hall–Kier alpha value is -1.42. The van der Waals surface area contributed by atoms with Crippen molar-refractivity contribution in [1.29, 1.82) is 0 Å². The number of aliphatic carboxylic acids is 1. The molecule has 76 valence electrons. The average Bonchev–Trinajstić information content (AvgIpc) is 2.16. The third-order valence-corrected chi connectivity index (χ3v) is 3.87. The van der Waals surface area contributed by atoms with E-state index >= 15 is 0 Å². The molecule has 1 aromatic rings. The van der Waals surface area contributed by atoms with Gasteiger partial charge in [-0.15, -0.1) is 0 Å². The van der Waals surface area contributed by atoms with E-state index in [1.807, 2.05) is 24.3 Å². The highest BCUT2D eigenvalue weighted by Crippen LogP contribution is 2.45. The number of carboxylic acids is 1. The van der Waals surface area contributed by atoms with Gasteiger partial charge in [-0.3, -0.25) is 0 Å². The van der Waals surface area contributed by atoms with E-state index in [9.17, 15) is 4.79 Å². The second kappa shape index (κ2) is 3.03. The van der Waals surface area contributed by atoms with Crippen molar-refractivity contribution in [2.75, 3.05) is 10.8 Å². The van der Waals surface area contributed by atoms with E-state index < -0.39 is 5.97 Å². The second-order valence-corrected chi connectivity index (χ2v) is 4.53. The summed E-state index contributed by atoms with van der Waals surface area (Å²) < 4.78 is 0. The number of hydrogen-bond acceptors (Lipinski definition) is 3. The predicted molar refractivity (Wildman–Crippen MR) is 59.7 cm³/mol. The van der Waals surface area contributed by atoms with Gasteiger partial charge in [0.05, 0.1) is 16.5 Å². The molecule has 0 saturated carbocycles. The Bertz CT molecular complexity index is 481. The van der Waals surface area contributed by atoms with Crippen LogP contribution >= 0.6 is 11.8 Å². The van der Waals surface area contributed by atoms with Crippen molar-refractivity contribution in [1.82, 2.24) is 0 Å². The first-order valence-electron chi connectivity index (χ1n) is 4.72. The van der Waals surface area contributed by atoms with Crippen LogP contribution in [0.1, 0.15) is 5.56 Å². The number of carboxylic acid groups (broad SMARTS) is 1. The van der Waals surface area contributed by atoms with Gasteiger partial charge in [-0.25, -0.2) is 4.79 Å².